The van der Waals surface area contributed by atoms with Crippen molar-refractivity contribution in [1.29, 1.82) is 0 Å². The standard InChI is InChI=1S/C13H15ClN4O/c1-9(10-7-5-4-6-8-10)18-12(14)11(15-16-18)13(19)17(2)3/h4-9H,1-3H3/t9-/m1/s1. The summed E-state index contributed by atoms with van der Waals surface area (Å²) in [5, 5.41) is 8.12. The summed E-state index contributed by atoms with van der Waals surface area (Å²) in [6.07, 6.45) is 0. The Morgan fingerprint density at radius 2 is 1.95 bits per heavy atom. The van der Waals surface area contributed by atoms with Gasteiger partial charge < -0.3 is 4.90 Å². The van der Waals surface area contributed by atoms with Gasteiger partial charge in [-0.05, 0) is 12.5 Å². The van der Waals surface area contributed by atoms with Crippen molar-refractivity contribution in [1.82, 2.24) is 19.9 Å². The molecule has 0 saturated heterocycles. The summed E-state index contributed by atoms with van der Waals surface area (Å²) in [5.74, 6) is -0.253. The number of benzene rings is 1. The third-order valence-corrected chi connectivity index (χ3v) is 3.25. The highest BCUT2D eigenvalue weighted by Gasteiger charge is 2.22. The van der Waals surface area contributed by atoms with Crippen LogP contribution in [0.3, 0.4) is 0 Å². The van der Waals surface area contributed by atoms with E-state index in [1.54, 1.807) is 18.8 Å². The van der Waals surface area contributed by atoms with Crippen LogP contribution in [0.5, 0.6) is 0 Å². The van der Waals surface area contributed by atoms with E-state index in [9.17, 15) is 4.79 Å². The first-order valence-corrected chi connectivity index (χ1v) is 6.27. The van der Waals surface area contributed by atoms with Crippen molar-refractivity contribution in [3.8, 4) is 0 Å². The normalized spacial score (nSPS) is 12.2. The van der Waals surface area contributed by atoms with Crippen LogP contribution in [0.1, 0.15) is 29.0 Å². The summed E-state index contributed by atoms with van der Waals surface area (Å²) >= 11 is 6.20. The van der Waals surface area contributed by atoms with Crippen LogP contribution >= 0.6 is 11.6 Å². The third-order valence-electron chi connectivity index (χ3n) is 2.90. The van der Waals surface area contributed by atoms with Crippen LogP contribution in [0, 0.1) is 0 Å². The molecule has 0 aliphatic rings. The lowest BCUT2D eigenvalue weighted by Crippen LogP contribution is -2.22. The minimum atomic E-state index is -0.253. The molecule has 2 aromatic rings. The van der Waals surface area contributed by atoms with Gasteiger partial charge in [0, 0.05) is 14.1 Å². The van der Waals surface area contributed by atoms with Crippen molar-refractivity contribution >= 4 is 17.5 Å². The number of rotatable bonds is 3. The lowest BCUT2D eigenvalue weighted by molar-refractivity contribution is 0.0822. The molecule has 1 aromatic heterocycles. The maximum absolute atomic E-state index is 11.9. The Morgan fingerprint density at radius 1 is 1.32 bits per heavy atom. The number of hydrogen-bond acceptors (Lipinski definition) is 3. The average molecular weight is 279 g/mol. The monoisotopic (exact) mass is 278 g/mol. The molecule has 0 aliphatic carbocycles. The Morgan fingerprint density at radius 3 is 2.53 bits per heavy atom. The van der Waals surface area contributed by atoms with E-state index in [0.717, 1.165) is 5.56 Å². The fourth-order valence-electron chi connectivity index (χ4n) is 1.74. The van der Waals surface area contributed by atoms with Gasteiger partial charge in [0.25, 0.3) is 5.91 Å². The van der Waals surface area contributed by atoms with Gasteiger partial charge in [0.15, 0.2) is 10.8 Å². The first kappa shape index (κ1) is 13.5. The molecular formula is C13H15ClN4O. The fraction of sp³-hybridized carbons (Fsp3) is 0.308. The summed E-state index contributed by atoms with van der Waals surface area (Å²) in [7, 11) is 3.30. The lowest BCUT2D eigenvalue weighted by atomic mass is 10.1. The topological polar surface area (TPSA) is 51.0 Å². The maximum atomic E-state index is 11.9. The Hall–Kier alpha value is -1.88. The van der Waals surface area contributed by atoms with E-state index in [2.05, 4.69) is 10.3 Å². The van der Waals surface area contributed by atoms with E-state index in [4.69, 9.17) is 11.6 Å². The molecule has 0 unspecified atom stereocenters. The van der Waals surface area contributed by atoms with Crippen molar-refractivity contribution in [2.45, 2.75) is 13.0 Å². The maximum Gasteiger partial charge on any atom is 0.277 e. The number of halogens is 1. The molecule has 0 radical (unpaired) electrons. The van der Waals surface area contributed by atoms with Gasteiger partial charge in [-0.2, -0.15) is 0 Å². The van der Waals surface area contributed by atoms with Crippen molar-refractivity contribution in [2.75, 3.05) is 14.1 Å². The number of carbonyl (C=O) groups excluding carboxylic acids is 1. The van der Waals surface area contributed by atoms with Gasteiger partial charge >= 0.3 is 0 Å². The van der Waals surface area contributed by atoms with Crippen LogP contribution < -0.4 is 0 Å². The van der Waals surface area contributed by atoms with E-state index in [1.165, 1.54) is 4.90 Å². The van der Waals surface area contributed by atoms with Gasteiger partial charge in [0.1, 0.15) is 0 Å². The Balaban J connectivity index is 2.35. The van der Waals surface area contributed by atoms with Crippen LogP contribution in [0.4, 0.5) is 0 Å². The predicted octanol–water partition coefficient (Wildman–Crippen LogP) is 2.24. The zero-order valence-corrected chi connectivity index (χ0v) is 11.8. The number of hydrogen-bond donors (Lipinski definition) is 0. The molecule has 0 fully saturated rings. The highest BCUT2D eigenvalue weighted by molar-refractivity contribution is 6.32. The van der Waals surface area contributed by atoms with Gasteiger partial charge in [-0.25, -0.2) is 4.68 Å². The van der Waals surface area contributed by atoms with Crippen LogP contribution in [-0.4, -0.2) is 39.9 Å². The Kier molecular flexibility index (Phi) is 3.85. The quantitative estimate of drug-likeness (QED) is 0.865. The van der Waals surface area contributed by atoms with Crippen LogP contribution in [0.25, 0.3) is 0 Å². The molecule has 1 aromatic carbocycles. The van der Waals surface area contributed by atoms with E-state index in [-0.39, 0.29) is 22.8 Å². The molecule has 0 N–H and O–H groups in total. The minimum Gasteiger partial charge on any atom is -0.343 e. The molecule has 19 heavy (non-hydrogen) atoms. The van der Waals surface area contributed by atoms with Crippen molar-refractivity contribution in [3.05, 3.63) is 46.7 Å². The molecular weight excluding hydrogens is 264 g/mol. The van der Waals surface area contributed by atoms with Gasteiger partial charge in [0.05, 0.1) is 6.04 Å². The fourth-order valence-corrected chi connectivity index (χ4v) is 2.04. The second-order valence-corrected chi connectivity index (χ2v) is 4.82. The SMILES string of the molecule is C[C@H](c1ccccc1)n1nnc(C(=O)N(C)C)c1Cl. The molecule has 1 heterocycles. The van der Waals surface area contributed by atoms with Gasteiger partial charge in [0.2, 0.25) is 0 Å². The van der Waals surface area contributed by atoms with E-state index in [1.807, 2.05) is 37.3 Å². The average Bonchev–Trinajstić information content (AvgIpc) is 2.79. The summed E-state index contributed by atoms with van der Waals surface area (Å²) in [5.41, 5.74) is 1.23. The molecule has 100 valence electrons. The van der Waals surface area contributed by atoms with Gasteiger partial charge in [-0.3, -0.25) is 4.79 Å². The molecule has 0 aliphatic heterocycles. The summed E-state index contributed by atoms with van der Waals surface area (Å²) in [6.45, 7) is 1.96. The van der Waals surface area contributed by atoms with Crippen molar-refractivity contribution in [3.63, 3.8) is 0 Å². The Labute approximate surface area is 116 Å². The lowest BCUT2D eigenvalue weighted by Gasteiger charge is -2.13. The highest BCUT2D eigenvalue weighted by Crippen LogP contribution is 2.23. The van der Waals surface area contributed by atoms with E-state index in [0.29, 0.717) is 0 Å². The Bertz CT molecular complexity index is 580. The number of amides is 1. The molecule has 0 bridgehead atoms. The molecule has 1 amide bonds. The first-order valence-electron chi connectivity index (χ1n) is 5.89. The zero-order chi connectivity index (χ0) is 14.0. The molecule has 5 nitrogen and oxygen atoms in total. The third kappa shape index (κ3) is 2.61. The van der Waals surface area contributed by atoms with Crippen LogP contribution in [-0.2, 0) is 0 Å². The smallest absolute Gasteiger partial charge is 0.277 e. The second-order valence-electron chi connectivity index (χ2n) is 4.46. The minimum absolute atomic E-state index is 0.0788. The van der Waals surface area contributed by atoms with Gasteiger partial charge in [-0.1, -0.05) is 47.1 Å². The predicted molar refractivity (Wildman–Crippen MR) is 73.3 cm³/mol. The largest absolute Gasteiger partial charge is 0.343 e. The summed E-state index contributed by atoms with van der Waals surface area (Å²) in [4.78, 5) is 13.3. The van der Waals surface area contributed by atoms with Crippen molar-refractivity contribution in [2.24, 2.45) is 0 Å². The molecule has 1 atom stereocenters. The molecule has 6 heteroatoms. The summed E-state index contributed by atoms with van der Waals surface area (Å²) in [6, 6.07) is 9.72. The van der Waals surface area contributed by atoms with E-state index >= 15 is 0 Å². The number of carbonyl (C=O) groups is 1. The van der Waals surface area contributed by atoms with Crippen molar-refractivity contribution < 1.29 is 4.79 Å². The van der Waals surface area contributed by atoms with Crippen LogP contribution in [0.2, 0.25) is 5.15 Å². The van der Waals surface area contributed by atoms with Gasteiger partial charge in [-0.15, -0.1) is 5.10 Å². The molecule has 0 spiro atoms. The molecule has 2 rings (SSSR count). The summed E-state index contributed by atoms with van der Waals surface area (Å²) < 4.78 is 1.55. The second kappa shape index (κ2) is 5.40. The highest BCUT2D eigenvalue weighted by atomic mass is 35.5. The molecule has 0 saturated carbocycles. The number of aromatic nitrogens is 3. The van der Waals surface area contributed by atoms with Crippen LogP contribution in [0.15, 0.2) is 30.3 Å². The van der Waals surface area contributed by atoms with E-state index < -0.39 is 0 Å². The zero-order valence-electron chi connectivity index (χ0n) is 11.0. The first-order chi connectivity index (χ1) is 9.02. The number of nitrogens with zero attached hydrogens (tertiary/aromatic N) is 4.